The molecule has 0 heterocycles. The molecule has 0 heteroatoms. The van der Waals surface area contributed by atoms with Crippen LogP contribution in [0.2, 0.25) is 0 Å². The minimum absolute atomic E-state index is 1.02. The van der Waals surface area contributed by atoms with Crippen molar-refractivity contribution < 1.29 is 0 Å². The van der Waals surface area contributed by atoms with Crippen molar-refractivity contribution >= 4 is 0 Å². The van der Waals surface area contributed by atoms with Gasteiger partial charge in [-0.15, -0.1) is 0 Å². The van der Waals surface area contributed by atoms with Gasteiger partial charge in [0.1, 0.15) is 0 Å². The van der Waals surface area contributed by atoms with Gasteiger partial charge >= 0.3 is 0 Å². The van der Waals surface area contributed by atoms with Gasteiger partial charge in [0, 0.05) is 0 Å². The summed E-state index contributed by atoms with van der Waals surface area (Å²) in [6.45, 7) is 9.38. The van der Waals surface area contributed by atoms with Crippen LogP contribution in [0.25, 0.3) is 0 Å². The topological polar surface area (TPSA) is 0 Å². The number of unbranched alkanes of at least 4 members (excludes halogenated alkanes) is 7. The first-order valence-corrected chi connectivity index (χ1v) is 10.8. The SMILES string of the molecule is CCCCCCCCC(CCC)CC(CCC)CCCCC. The first kappa shape index (κ1) is 22.0. The molecule has 2 unspecified atom stereocenters. The molecule has 0 bridgehead atoms. The summed E-state index contributed by atoms with van der Waals surface area (Å²) in [7, 11) is 0. The van der Waals surface area contributed by atoms with Crippen molar-refractivity contribution in [2.24, 2.45) is 11.8 Å². The number of hydrogen-bond donors (Lipinski definition) is 0. The molecule has 0 saturated heterocycles. The quantitative estimate of drug-likeness (QED) is 0.236. The van der Waals surface area contributed by atoms with Gasteiger partial charge in [0.2, 0.25) is 0 Å². The summed E-state index contributed by atoms with van der Waals surface area (Å²) in [5, 5.41) is 0. The minimum Gasteiger partial charge on any atom is -0.0654 e. The summed E-state index contributed by atoms with van der Waals surface area (Å²) in [5.41, 5.74) is 0. The molecular weight excluding hydrogens is 264 g/mol. The Labute approximate surface area is 142 Å². The average molecular weight is 311 g/mol. The molecule has 2 atom stereocenters. The van der Waals surface area contributed by atoms with E-state index in [1.165, 1.54) is 103 Å². The van der Waals surface area contributed by atoms with Gasteiger partial charge in [0.05, 0.1) is 0 Å². The summed E-state index contributed by atoms with van der Waals surface area (Å²) in [5.74, 6) is 2.04. The van der Waals surface area contributed by atoms with Crippen LogP contribution < -0.4 is 0 Å². The summed E-state index contributed by atoms with van der Waals surface area (Å²) in [6, 6.07) is 0. The third-order valence-electron chi connectivity index (χ3n) is 5.24. The van der Waals surface area contributed by atoms with Gasteiger partial charge in [-0.05, 0) is 18.3 Å². The average Bonchev–Trinajstić information content (AvgIpc) is 2.51. The van der Waals surface area contributed by atoms with Crippen LogP contribution in [-0.4, -0.2) is 0 Å². The maximum Gasteiger partial charge on any atom is -0.0412 e. The van der Waals surface area contributed by atoms with Crippen LogP contribution in [0.4, 0.5) is 0 Å². The fraction of sp³-hybridized carbons (Fsp3) is 1.00. The number of rotatable bonds is 17. The second-order valence-corrected chi connectivity index (χ2v) is 7.60. The molecule has 0 fully saturated rings. The lowest BCUT2D eigenvalue weighted by atomic mass is 9.83. The maximum absolute atomic E-state index is 2.38. The highest BCUT2D eigenvalue weighted by molar-refractivity contribution is 4.67. The van der Waals surface area contributed by atoms with E-state index in [0.717, 1.165) is 11.8 Å². The van der Waals surface area contributed by atoms with Gasteiger partial charge in [0.25, 0.3) is 0 Å². The van der Waals surface area contributed by atoms with E-state index in [9.17, 15) is 0 Å². The Kier molecular flexibility index (Phi) is 17.4. The van der Waals surface area contributed by atoms with Gasteiger partial charge in [-0.2, -0.15) is 0 Å². The molecule has 0 N–H and O–H groups in total. The molecule has 0 amide bonds. The predicted molar refractivity (Wildman–Crippen MR) is 104 cm³/mol. The smallest absolute Gasteiger partial charge is 0.0412 e. The molecule has 0 saturated carbocycles. The Bertz CT molecular complexity index is 196. The van der Waals surface area contributed by atoms with Gasteiger partial charge in [-0.3, -0.25) is 0 Å². The van der Waals surface area contributed by atoms with Gasteiger partial charge in [-0.25, -0.2) is 0 Å². The van der Waals surface area contributed by atoms with Gasteiger partial charge in [-0.1, -0.05) is 124 Å². The standard InChI is InChI=1S/C22H46/c1-5-9-11-12-13-15-19-22(17-8-4)20-21(16-7-3)18-14-10-6-2/h21-22H,5-20H2,1-4H3. The molecule has 22 heavy (non-hydrogen) atoms. The Morgan fingerprint density at radius 2 is 0.818 bits per heavy atom. The second kappa shape index (κ2) is 17.4. The van der Waals surface area contributed by atoms with Crippen molar-refractivity contribution in [2.75, 3.05) is 0 Å². The molecule has 0 aliphatic heterocycles. The largest absolute Gasteiger partial charge is 0.0654 e. The zero-order chi connectivity index (χ0) is 16.5. The molecule has 0 radical (unpaired) electrons. The van der Waals surface area contributed by atoms with E-state index in [0.29, 0.717) is 0 Å². The first-order chi connectivity index (χ1) is 10.8. The summed E-state index contributed by atoms with van der Waals surface area (Å²) < 4.78 is 0. The Morgan fingerprint density at radius 1 is 0.409 bits per heavy atom. The Morgan fingerprint density at radius 3 is 1.32 bits per heavy atom. The minimum atomic E-state index is 1.02. The molecule has 0 spiro atoms. The van der Waals surface area contributed by atoms with Crippen LogP contribution in [0, 0.1) is 11.8 Å². The van der Waals surface area contributed by atoms with Gasteiger partial charge in [0.15, 0.2) is 0 Å². The highest BCUT2D eigenvalue weighted by Gasteiger charge is 2.15. The fourth-order valence-corrected chi connectivity index (χ4v) is 3.94. The van der Waals surface area contributed by atoms with E-state index in [2.05, 4.69) is 27.7 Å². The molecule has 0 nitrogen and oxygen atoms in total. The Balaban J connectivity index is 3.98. The van der Waals surface area contributed by atoms with Crippen LogP contribution >= 0.6 is 0 Å². The normalized spacial score (nSPS) is 14.2. The third-order valence-corrected chi connectivity index (χ3v) is 5.24. The lowest BCUT2D eigenvalue weighted by molar-refractivity contribution is 0.291. The zero-order valence-electron chi connectivity index (χ0n) is 16.5. The van der Waals surface area contributed by atoms with Crippen molar-refractivity contribution in [3.8, 4) is 0 Å². The highest BCUT2D eigenvalue weighted by atomic mass is 14.2. The fourth-order valence-electron chi connectivity index (χ4n) is 3.94. The first-order valence-electron chi connectivity index (χ1n) is 10.8. The highest BCUT2D eigenvalue weighted by Crippen LogP contribution is 2.29. The van der Waals surface area contributed by atoms with E-state index in [4.69, 9.17) is 0 Å². The van der Waals surface area contributed by atoms with Crippen LogP contribution in [0.3, 0.4) is 0 Å². The molecule has 0 aromatic rings. The van der Waals surface area contributed by atoms with Crippen molar-refractivity contribution in [1.29, 1.82) is 0 Å². The molecule has 0 aliphatic carbocycles. The van der Waals surface area contributed by atoms with Crippen molar-refractivity contribution in [1.82, 2.24) is 0 Å². The maximum atomic E-state index is 2.38. The van der Waals surface area contributed by atoms with Crippen molar-refractivity contribution in [3.05, 3.63) is 0 Å². The molecule has 134 valence electrons. The number of hydrogen-bond acceptors (Lipinski definition) is 0. The molecule has 0 aromatic carbocycles. The van der Waals surface area contributed by atoms with E-state index in [-0.39, 0.29) is 0 Å². The molecular formula is C22H46. The lowest BCUT2D eigenvalue weighted by Gasteiger charge is -2.23. The van der Waals surface area contributed by atoms with Crippen LogP contribution in [0.15, 0.2) is 0 Å². The molecule has 0 aromatic heterocycles. The van der Waals surface area contributed by atoms with E-state index < -0.39 is 0 Å². The summed E-state index contributed by atoms with van der Waals surface area (Å²) in [6.07, 6.45) is 23.2. The zero-order valence-corrected chi connectivity index (χ0v) is 16.5. The van der Waals surface area contributed by atoms with Crippen molar-refractivity contribution in [3.63, 3.8) is 0 Å². The monoisotopic (exact) mass is 310 g/mol. The summed E-state index contributed by atoms with van der Waals surface area (Å²) in [4.78, 5) is 0. The van der Waals surface area contributed by atoms with E-state index >= 15 is 0 Å². The predicted octanol–water partition coefficient (Wildman–Crippen LogP) is 8.54. The molecule has 0 aliphatic rings. The van der Waals surface area contributed by atoms with Crippen LogP contribution in [0.1, 0.15) is 130 Å². The van der Waals surface area contributed by atoms with E-state index in [1.807, 2.05) is 0 Å². The Hall–Kier alpha value is 0. The van der Waals surface area contributed by atoms with E-state index in [1.54, 1.807) is 0 Å². The van der Waals surface area contributed by atoms with Gasteiger partial charge < -0.3 is 0 Å². The summed E-state index contributed by atoms with van der Waals surface area (Å²) >= 11 is 0. The molecule has 0 rings (SSSR count). The third kappa shape index (κ3) is 13.6. The van der Waals surface area contributed by atoms with Crippen LogP contribution in [0.5, 0.6) is 0 Å². The second-order valence-electron chi connectivity index (χ2n) is 7.60. The van der Waals surface area contributed by atoms with Crippen molar-refractivity contribution in [2.45, 2.75) is 130 Å². The lowest BCUT2D eigenvalue weighted by Crippen LogP contribution is -2.10. The van der Waals surface area contributed by atoms with Crippen LogP contribution in [-0.2, 0) is 0 Å².